The Labute approximate surface area is 152 Å². The van der Waals surface area contributed by atoms with Crippen molar-refractivity contribution < 1.29 is 4.79 Å². The van der Waals surface area contributed by atoms with Crippen molar-refractivity contribution in [1.82, 2.24) is 14.9 Å². The summed E-state index contributed by atoms with van der Waals surface area (Å²) in [4.78, 5) is 26.9. The van der Waals surface area contributed by atoms with Crippen LogP contribution in [0, 0.1) is 11.8 Å². The van der Waals surface area contributed by atoms with Gasteiger partial charge in [0, 0.05) is 55.8 Å². The van der Waals surface area contributed by atoms with Crippen molar-refractivity contribution in [2.24, 2.45) is 11.8 Å². The van der Waals surface area contributed by atoms with E-state index in [0.29, 0.717) is 30.2 Å². The molecule has 1 saturated heterocycles. The van der Waals surface area contributed by atoms with Crippen molar-refractivity contribution in [3.05, 3.63) is 41.0 Å². The van der Waals surface area contributed by atoms with Crippen molar-refractivity contribution >= 4 is 23.1 Å². The lowest BCUT2D eigenvalue weighted by molar-refractivity contribution is -0.130. The summed E-state index contributed by atoms with van der Waals surface area (Å²) >= 11 is 1.74. The van der Waals surface area contributed by atoms with Gasteiger partial charge in [-0.15, -0.1) is 11.3 Å². The number of nitrogens with zero attached hydrogens (tertiary/aromatic N) is 4. The number of aryl methyl sites for hydroxylation is 1. The number of carbonyl (C=O) groups is 1. The molecule has 2 fully saturated rings. The summed E-state index contributed by atoms with van der Waals surface area (Å²) in [6.07, 6.45) is 9.15. The lowest BCUT2D eigenvalue weighted by atomic mass is 9.97. The van der Waals surface area contributed by atoms with Gasteiger partial charge >= 0.3 is 0 Å². The highest BCUT2D eigenvalue weighted by atomic mass is 32.1. The number of amides is 1. The fourth-order valence-corrected chi connectivity index (χ4v) is 5.12. The van der Waals surface area contributed by atoms with Crippen molar-refractivity contribution in [2.75, 3.05) is 25.0 Å². The van der Waals surface area contributed by atoms with Gasteiger partial charge in [0.05, 0.1) is 6.20 Å². The Morgan fingerprint density at radius 1 is 1.36 bits per heavy atom. The normalized spacial score (nSPS) is 25.2. The number of hydrogen-bond donors (Lipinski definition) is 0. The molecule has 2 aliphatic rings. The highest BCUT2D eigenvalue weighted by Gasteiger charge is 2.45. The van der Waals surface area contributed by atoms with E-state index in [1.54, 1.807) is 23.7 Å². The van der Waals surface area contributed by atoms with Gasteiger partial charge in [0.1, 0.15) is 5.82 Å². The Hall–Kier alpha value is -1.95. The molecule has 25 heavy (non-hydrogen) atoms. The summed E-state index contributed by atoms with van der Waals surface area (Å²) in [7, 11) is 2.11. The van der Waals surface area contributed by atoms with E-state index in [0.717, 1.165) is 25.3 Å². The Bertz CT molecular complexity index is 705. The van der Waals surface area contributed by atoms with Gasteiger partial charge in [-0.2, -0.15) is 0 Å². The van der Waals surface area contributed by atoms with E-state index in [-0.39, 0.29) is 0 Å². The third kappa shape index (κ3) is 3.40. The number of likely N-dealkylation sites (tertiary alicyclic amines) is 1. The van der Waals surface area contributed by atoms with E-state index in [1.807, 2.05) is 6.20 Å². The number of rotatable bonds is 5. The SMILES string of the molecule is CN(c1cnccn1)[C@@H]1CC[C@@H]2CN(C(=O)CCc3cccs3)C[C@@H]21. The average Bonchev–Trinajstić information content (AvgIpc) is 3.36. The van der Waals surface area contributed by atoms with Crippen LogP contribution in [0.4, 0.5) is 5.82 Å². The summed E-state index contributed by atoms with van der Waals surface area (Å²) < 4.78 is 0. The summed E-state index contributed by atoms with van der Waals surface area (Å²) in [6.45, 7) is 1.82. The van der Waals surface area contributed by atoms with Crippen LogP contribution in [0.3, 0.4) is 0 Å². The Morgan fingerprint density at radius 3 is 3.04 bits per heavy atom. The maximum Gasteiger partial charge on any atom is 0.222 e. The zero-order valence-electron chi connectivity index (χ0n) is 14.5. The standard InChI is InChI=1S/C19H24N4OS/c1-22(18-11-20-8-9-21-18)17-6-4-14-12-23(13-16(14)17)19(24)7-5-15-3-2-10-25-15/h2-3,8-11,14,16-17H,4-7,12-13H2,1H3/t14-,16+,17-/m1/s1. The minimum atomic E-state index is 0.309. The summed E-state index contributed by atoms with van der Waals surface area (Å²) in [5.41, 5.74) is 0. The van der Waals surface area contributed by atoms with Gasteiger partial charge in [0.2, 0.25) is 5.91 Å². The molecular formula is C19H24N4OS. The monoisotopic (exact) mass is 356 g/mol. The van der Waals surface area contributed by atoms with E-state index in [9.17, 15) is 4.79 Å². The zero-order chi connectivity index (χ0) is 17.2. The molecule has 6 heteroatoms. The molecule has 2 aromatic rings. The lowest BCUT2D eigenvalue weighted by Crippen LogP contribution is -2.39. The van der Waals surface area contributed by atoms with E-state index in [2.05, 4.69) is 44.3 Å². The van der Waals surface area contributed by atoms with Crippen LogP contribution in [-0.4, -0.2) is 47.0 Å². The van der Waals surface area contributed by atoms with Gasteiger partial charge in [0.15, 0.2) is 0 Å². The van der Waals surface area contributed by atoms with Crippen molar-refractivity contribution in [1.29, 1.82) is 0 Å². The first-order chi connectivity index (χ1) is 12.2. The van der Waals surface area contributed by atoms with E-state index < -0.39 is 0 Å². The smallest absolute Gasteiger partial charge is 0.222 e. The largest absolute Gasteiger partial charge is 0.355 e. The van der Waals surface area contributed by atoms with Crippen molar-refractivity contribution in [2.45, 2.75) is 31.7 Å². The van der Waals surface area contributed by atoms with Crippen LogP contribution in [0.5, 0.6) is 0 Å². The molecule has 1 saturated carbocycles. The Kier molecular flexibility index (Phi) is 4.70. The molecule has 3 atom stereocenters. The quantitative estimate of drug-likeness (QED) is 0.827. The molecule has 5 nitrogen and oxygen atoms in total. The van der Waals surface area contributed by atoms with Crippen LogP contribution >= 0.6 is 11.3 Å². The molecule has 132 valence electrons. The van der Waals surface area contributed by atoms with Gasteiger partial charge in [-0.3, -0.25) is 9.78 Å². The molecule has 0 aromatic carbocycles. The number of carbonyl (C=O) groups excluding carboxylic acids is 1. The zero-order valence-corrected chi connectivity index (χ0v) is 15.4. The number of aromatic nitrogens is 2. The predicted octanol–water partition coefficient (Wildman–Crippen LogP) is 2.84. The average molecular weight is 356 g/mol. The third-order valence-corrected chi connectivity index (χ3v) is 6.68. The van der Waals surface area contributed by atoms with Crippen LogP contribution < -0.4 is 4.90 Å². The molecule has 0 bridgehead atoms. The lowest BCUT2D eigenvalue weighted by Gasteiger charge is -2.30. The number of hydrogen-bond acceptors (Lipinski definition) is 5. The molecule has 4 rings (SSSR count). The van der Waals surface area contributed by atoms with Crippen molar-refractivity contribution in [3.8, 4) is 0 Å². The fraction of sp³-hybridized carbons (Fsp3) is 0.526. The van der Waals surface area contributed by atoms with Gasteiger partial charge in [-0.1, -0.05) is 6.07 Å². The molecule has 0 spiro atoms. The maximum absolute atomic E-state index is 12.6. The second-order valence-electron chi connectivity index (χ2n) is 7.12. The highest BCUT2D eigenvalue weighted by molar-refractivity contribution is 7.09. The topological polar surface area (TPSA) is 49.3 Å². The second-order valence-corrected chi connectivity index (χ2v) is 8.15. The van der Waals surface area contributed by atoms with Crippen LogP contribution in [0.2, 0.25) is 0 Å². The third-order valence-electron chi connectivity index (χ3n) is 5.75. The second kappa shape index (κ2) is 7.12. The molecule has 3 heterocycles. The van der Waals surface area contributed by atoms with E-state index >= 15 is 0 Å². The van der Waals surface area contributed by atoms with E-state index in [4.69, 9.17) is 0 Å². The summed E-state index contributed by atoms with van der Waals surface area (Å²) in [5, 5.41) is 2.08. The molecule has 0 radical (unpaired) electrons. The van der Waals surface area contributed by atoms with Crippen LogP contribution in [0.15, 0.2) is 36.1 Å². The first-order valence-corrected chi connectivity index (χ1v) is 9.89. The van der Waals surface area contributed by atoms with Crippen LogP contribution in [0.1, 0.15) is 24.1 Å². The number of thiophene rings is 1. The first kappa shape index (κ1) is 16.5. The summed E-state index contributed by atoms with van der Waals surface area (Å²) in [5.74, 6) is 2.42. The molecule has 0 unspecified atom stereocenters. The molecule has 1 aliphatic carbocycles. The Balaban J connectivity index is 1.37. The molecule has 1 amide bonds. The van der Waals surface area contributed by atoms with Crippen molar-refractivity contribution in [3.63, 3.8) is 0 Å². The van der Waals surface area contributed by atoms with Crippen LogP contribution in [0.25, 0.3) is 0 Å². The predicted molar refractivity (Wildman–Crippen MR) is 99.7 cm³/mol. The fourth-order valence-electron chi connectivity index (χ4n) is 4.41. The minimum absolute atomic E-state index is 0.309. The first-order valence-electron chi connectivity index (χ1n) is 9.01. The van der Waals surface area contributed by atoms with Gasteiger partial charge in [-0.05, 0) is 36.6 Å². The molecular weight excluding hydrogens is 332 g/mol. The Morgan fingerprint density at radius 2 is 2.28 bits per heavy atom. The molecule has 2 aromatic heterocycles. The highest BCUT2D eigenvalue weighted by Crippen LogP contribution is 2.41. The number of anilines is 1. The van der Waals surface area contributed by atoms with Gasteiger partial charge < -0.3 is 9.80 Å². The molecule has 0 N–H and O–H groups in total. The van der Waals surface area contributed by atoms with Gasteiger partial charge in [-0.25, -0.2) is 4.98 Å². The maximum atomic E-state index is 12.6. The van der Waals surface area contributed by atoms with E-state index in [1.165, 1.54) is 17.7 Å². The minimum Gasteiger partial charge on any atom is -0.355 e. The van der Waals surface area contributed by atoms with Gasteiger partial charge in [0.25, 0.3) is 0 Å². The molecule has 1 aliphatic heterocycles. The van der Waals surface area contributed by atoms with Crippen LogP contribution in [-0.2, 0) is 11.2 Å². The number of fused-ring (bicyclic) bond motifs is 1. The summed E-state index contributed by atoms with van der Waals surface area (Å²) in [6, 6.07) is 4.62.